The fourth-order valence-corrected chi connectivity index (χ4v) is 3.06. The zero-order chi connectivity index (χ0) is 16.3. The standard InChI is InChI=1S/C14H16Cl2FN3OS/c1-9(10-6-13(18-22)11(15)7-12(10)17)14(16)20-5-3-2-4-19(20)8-21/h6-8,18,22H,2-5H2,1H3/b14-9+. The van der Waals surface area contributed by atoms with E-state index in [0.29, 0.717) is 35.1 Å². The summed E-state index contributed by atoms with van der Waals surface area (Å²) in [6.07, 6.45) is 2.57. The van der Waals surface area contributed by atoms with Crippen LogP contribution in [0.1, 0.15) is 25.3 Å². The fourth-order valence-electron chi connectivity index (χ4n) is 2.33. The molecule has 0 saturated carbocycles. The maximum absolute atomic E-state index is 14.2. The van der Waals surface area contributed by atoms with Crippen LogP contribution in [-0.2, 0) is 4.79 Å². The summed E-state index contributed by atoms with van der Waals surface area (Å²) in [6.45, 7) is 2.91. The first kappa shape index (κ1) is 17.2. The number of hydrazine groups is 1. The molecule has 0 bridgehead atoms. The van der Waals surface area contributed by atoms with Crippen molar-refractivity contribution in [2.75, 3.05) is 17.8 Å². The lowest BCUT2D eigenvalue weighted by atomic mass is 10.1. The van der Waals surface area contributed by atoms with Crippen molar-refractivity contribution in [3.8, 4) is 0 Å². The van der Waals surface area contributed by atoms with Gasteiger partial charge in [0.1, 0.15) is 11.0 Å². The number of hydrogen-bond acceptors (Lipinski definition) is 4. The Morgan fingerprint density at radius 2 is 2.09 bits per heavy atom. The Morgan fingerprint density at radius 3 is 2.73 bits per heavy atom. The molecule has 22 heavy (non-hydrogen) atoms. The lowest BCUT2D eigenvalue weighted by molar-refractivity contribution is -0.133. The van der Waals surface area contributed by atoms with Gasteiger partial charge in [0.25, 0.3) is 0 Å². The smallest absolute Gasteiger partial charge is 0.228 e. The molecule has 2 rings (SSSR count). The van der Waals surface area contributed by atoms with E-state index in [1.165, 1.54) is 17.1 Å². The van der Waals surface area contributed by atoms with Crippen molar-refractivity contribution >= 4 is 53.7 Å². The lowest BCUT2D eigenvalue weighted by Crippen LogP contribution is -2.44. The third kappa shape index (κ3) is 3.45. The molecule has 1 aromatic rings. The third-order valence-electron chi connectivity index (χ3n) is 3.56. The highest BCUT2D eigenvalue weighted by molar-refractivity contribution is 7.81. The average molecular weight is 364 g/mol. The zero-order valence-corrected chi connectivity index (χ0v) is 14.4. The summed E-state index contributed by atoms with van der Waals surface area (Å²) < 4.78 is 16.8. The van der Waals surface area contributed by atoms with Gasteiger partial charge in [-0.05, 0) is 37.5 Å². The van der Waals surface area contributed by atoms with Gasteiger partial charge < -0.3 is 4.72 Å². The van der Waals surface area contributed by atoms with E-state index in [1.54, 1.807) is 11.9 Å². The van der Waals surface area contributed by atoms with E-state index in [0.717, 1.165) is 19.3 Å². The molecule has 0 aliphatic carbocycles. The first-order chi connectivity index (χ1) is 10.5. The van der Waals surface area contributed by atoms with E-state index < -0.39 is 5.82 Å². The quantitative estimate of drug-likeness (QED) is 0.479. The van der Waals surface area contributed by atoms with Crippen LogP contribution in [0.15, 0.2) is 17.3 Å². The molecule has 1 aliphatic rings. The van der Waals surface area contributed by atoms with Crippen molar-refractivity contribution in [1.29, 1.82) is 0 Å². The van der Waals surface area contributed by atoms with Crippen molar-refractivity contribution in [3.05, 3.63) is 33.7 Å². The monoisotopic (exact) mass is 363 g/mol. The van der Waals surface area contributed by atoms with Crippen LogP contribution in [0.4, 0.5) is 10.1 Å². The van der Waals surface area contributed by atoms with Gasteiger partial charge in [0.15, 0.2) is 0 Å². The van der Waals surface area contributed by atoms with Crippen LogP contribution >= 0.6 is 36.0 Å². The number of halogens is 3. The Labute approximate surface area is 144 Å². The van der Waals surface area contributed by atoms with Crippen LogP contribution in [0.2, 0.25) is 5.02 Å². The van der Waals surface area contributed by atoms with E-state index in [1.807, 2.05) is 0 Å². The Hall–Kier alpha value is -1.11. The van der Waals surface area contributed by atoms with Gasteiger partial charge in [-0.3, -0.25) is 14.8 Å². The molecular formula is C14H16Cl2FN3OS. The highest BCUT2D eigenvalue weighted by Crippen LogP contribution is 2.33. The maximum atomic E-state index is 14.2. The van der Waals surface area contributed by atoms with Crippen LogP contribution in [-0.4, -0.2) is 29.5 Å². The van der Waals surface area contributed by atoms with Gasteiger partial charge in [0.05, 0.1) is 10.7 Å². The lowest BCUT2D eigenvalue weighted by Gasteiger charge is -2.37. The van der Waals surface area contributed by atoms with Gasteiger partial charge in [0.2, 0.25) is 6.41 Å². The number of rotatable bonds is 4. The maximum Gasteiger partial charge on any atom is 0.228 e. The molecule has 120 valence electrons. The second kappa shape index (κ2) is 7.44. The molecular weight excluding hydrogens is 348 g/mol. The number of nitrogens with one attached hydrogen (secondary N) is 1. The van der Waals surface area contributed by atoms with Gasteiger partial charge >= 0.3 is 0 Å². The molecule has 1 heterocycles. The summed E-state index contributed by atoms with van der Waals surface area (Å²) >= 11 is 16.2. The van der Waals surface area contributed by atoms with Crippen molar-refractivity contribution in [2.45, 2.75) is 19.8 Å². The summed E-state index contributed by atoms with van der Waals surface area (Å²) in [7, 11) is 0. The SMILES string of the molecule is C/C(=C(/Cl)N1CCCCN1C=O)c1cc(NS)c(Cl)cc1F. The topological polar surface area (TPSA) is 35.6 Å². The number of thiol groups is 1. The molecule has 1 aliphatic heterocycles. The third-order valence-corrected chi connectivity index (χ3v) is 4.59. The highest BCUT2D eigenvalue weighted by atomic mass is 35.5. The second-order valence-electron chi connectivity index (χ2n) is 4.94. The van der Waals surface area contributed by atoms with Gasteiger partial charge in [-0.2, -0.15) is 0 Å². The van der Waals surface area contributed by atoms with E-state index in [2.05, 4.69) is 17.5 Å². The Bertz CT molecular complexity index is 612. The van der Waals surface area contributed by atoms with Crippen LogP contribution in [0.3, 0.4) is 0 Å². The summed E-state index contributed by atoms with van der Waals surface area (Å²) in [5.74, 6) is -0.484. The van der Waals surface area contributed by atoms with Gasteiger partial charge in [-0.1, -0.05) is 36.0 Å². The summed E-state index contributed by atoms with van der Waals surface area (Å²) in [4.78, 5) is 11.1. The predicted octanol–water partition coefficient (Wildman–Crippen LogP) is 4.13. The Morgan fingerprint density at radius 1 is 1.41 bits per heavy atom. The van der Waals surface area contributed by atoms with E-state index in [9.17, 15) is 9.18 Å². The molecule has 0 spiro atoms. The number of nitrogens with zero attached hydrogens (tertiary/aromatic N) is 2. The molecule has 0 radical (unpaired) electrons. The molecule has 4 nitrogen and oxygen atoms in total. The molecule has 0 unspecified atom stereocenters. The van der Waals surface area contributed by atoms with E-state index in [-0.39, 0.29) is 5.02 Å². The summed E-state index contributed by atoms with van der Waals surface area (Å²) in [5, 5.41) is 3.71. The van der Waals surface area contributed by atoms with Crippen LogP contribution in [0, 0.1) is 5.82 Å². The first-order valence-corrected chi connectivity index (χ1v) is 7.95. The normalized spacial score (nSPS) is 16.4. The minimum absolute atomic E-state index is 0.229. The number of benzene rings is 1. The molecule has 1 aromatic carbocycles. The summed E-state index contributed by atoms with van der Waals surface area (Å²) in [6, 6.07) is 2.74. The predicted molar refractivity (Wildman–Crippen MR) is 91.2 cm³/mol. The molecule has 1 amide bonds. The first-order valence-electron chi connectivity index (χ1n) is 6.75. The molecule has 1 N–H and O–H groups in total. The molecule has 1 saturated heterocycles. The average Bonchev–Trinajstić information content (AvgIpc) is 2.53. The van der Waals surface area contributed by atoms with Gasteiger partial charge in [-0.15, -0.1) is 0 Å². The van der Waals surface area contributed by atoms with Crippen LogP contribution in [0.5, 0.6) is 0 Å². The Balaban J connectivity index is 2.43. The van der Waals surface area contributed by atoms with E-state index in [4.69, 9.17) is 23.2 Å². The van der Waals surface area contributed by atoms with Crippen LogP contribution in [0.25, 0.3) is 5.57 Å². The Kier molecular flexibility index (Phi) is 5.83. The highest BCUT2D eigenvalue weighted by Gasteiger charge is 2.22. The molecule has 8 heteroatoms. The molecule has 0 atom stereocenters. The molecule has 1 fully saturated rings. The van der Waals surface area contributed by atoms with Crippen molar-refractivity contribution in [2.24, 2.45) is 0 Å². The summed E-state index contributed by atoms with van der Waals surface area (Å²) in [5.41, 5.74) is 1.31. The second-order valence-corrected chi connectivity index (χ2v) is 5.93. The number of hydrogen-bond donors (Lipinski definition) is 2. The van der Waals surface area contributed by atoms with E-state index >= 15 is 0 Å². The number of anilines is 1. The van der Waals surface area contributed by atoms with Crippen LogP contribution < -0.4 is 4.72 Å². The largest absolute Gasteiger partial charge is 0.331 e. The minimum atomic E-state index is -0.484. The number of carbonyl (C=O) groups is 1. The van der Waals surface area contributed by atoms with Crippen molar-refractivity contribution < 1.29 is 9.18 Å². The number of carbonyl (C=O) groups excluding carboxylic acids is 1. The number of allylic oxidation sites excluding steroid dienone is 1. The molecule has 0 aromatic heterocycles. The van der Waals surface area contributed by atoms with Gasteiger partial charge in [0, 0.05) is 18.7 Å². The minimum Gasteiger partial charge on any atom is -0.331 e. The fraction of sp³-hybridized carbons (Fsp3) is 0.357. The van der Waals surface area contributed by atoms with Crippen molar-refractivity contribution in [3.63, 3.8) is 0 Å². The zero-order valence-electron chi connectivity index (χ0n) is 11.9. The number of amides is 1. The van der Waals surface area contributed by atoms with Crippen molar-refractivity contribution in [1.82, 2.24) is 10.0 Å². The van der Waals surface area contributed by atoms with Gasteiger partial charge in [-0.25, -0.2) is 4.39 Å².